The highest BCUT2D eigenvalue weighted by atomic mass is 16.6. The summed E-state index contributed by atoms with van der Waals surface area (Å²) in [5.41, 5.74) is 1.07. The van der Waals surface area contributed by atoms with Gasteiger partial charge in [0.15, 0.2) is 17.6 Å². The molecule has 1 aliphatic heterocycles. The van der Waals surface area contributed by atoms with Crippen LogP contribution in [0.2, 0.25) is 0 Å². The molecule has 0 radical (unpaired) electrons. The fourth-order valence-corrected chi connectivity index (χ4v) is 2.47. The molecule has 1 amide bonds. The molecule has 0 bridgehead atoms. The Balaban J connectivity index is 1.64. The van der Waals surface area contributed by atoms with Gasteiger partial charge in [-0.2, -0.15) is 0 Å². The molecule has 2 aromatic carbocycles. The van der Waals surface area contributed by atoms with Crippen LogP contribution in [-0.2, 0) is 9.53 Å². The monoisotopic (exact) mass is 357 g/mol. The van der Waals surface area contributed by atoms with Gasteiger partial charge in [0.25, 0.3) is 5.91 Å². The van der Waals surface area contributed by atoms with Crippen LogP contribution in [0.25, 0.3) is 0 Å². The van der Waals surface area contributed by atoms with Crippen molar-refractivity contribution in [2.45, 2.75) is 20.0 Å². The number of fused-ring (bicyclic) bond motifs is 1. The highest BCUT2D eigenvalue weighted by Crippen LogP contribution is 2.32. The van der Waals surface area contributed by atoms with Crippen LogP contribution < -0.4 is 14.8 Å². The van der Waals surface area contributed by atoms with Crippen molar-refractivity contribution in [3.8, 4) is 17.2 Å². The number of ether oxygens (including phenoxy) is 3. The van der Waals surface area contributed by atoms with Crippen LogP contribution in [0.3, 0.4) is 0 Å². The van der Waals surface area contributed by atoms with E-state index in [0.717, 1.165) is 0 Å². The molecule has 0 unspecified atom stereocenters. The summed E-state index contributed by atoms with van der Waals surface area (Å²) in [6.45, 7) is 4.05. The van der Waals surface area contributed by atoms with E-state index in [1.165, 1.54) is 13.0 Å². The highest BCUT2D eigenvalue weighted by Gasteiger charge is 2.22. The second kappa shape index (κ2) is 7.35. The SMILES string of the molecule is Cc1cccc(C(=O)O[C@H](C)C(=O)Nc2ccc3c(c2)OCCO3)c1O. The zero-order valence-electron chi connectivity index (χ0n) is 14.4. The van der Waals surface area contributed by atoms with Crippen LogP contribution in [0.4, 0.5) is 5.69 Å². The van der Waals surface area contributed by atoms with E-state index in [0.29, 0.717) is 36.0 Å². The average Bonchev–Trinajstić information content (AvgIpc) is 2.63. The number of carbonyl (C=O) groups is 2. The van der Waals surface area contributed by atoms with Crippen LogP contribution in [0.15, 0.2) is 36.4 Å². The maximum absolute atomic E-state index is 12.3. The Morgan fingerprint density at radius 2 is 1.88 bits per heavy atom. The number of rotatable bonds is 4. The average molecular weight is 357 g/mol. The van der Waals surface area contributed by atoms with Crippen molar-refractivity contribution >= 4 is 17.6 Å². The van der Waals surface area contributed by atoms with Gasteiger partial charge in [-0.25, -0.2) is 4.79 Å². The summed E-state index contributed by atoms with van der Waals surface area (Å²) < 4.78 is 16.0. The molecule has 2 aromatic rings. The lowest BCUT2D eigenvalue weighted by atomic mass is 10.1. The van der Waals surface area contributed by atoms with Crippen molar-refractivity contribution in [1.29, 1.82) is 0 Å². The number of nitrogens with one attached hydrogen (secondary N) is 1. The summed E-state index contributed by atoms with van der Waals surface area (Å²) in [7, 11) is 0. The molecule has 1 atom stereocenters. The predicted octanol–water partition coefficient (Wildman–Crippen LogP) is 2.66. The quantitative estimate of drug-likeness (QED) is 0.817. The summed E-state index contributed by atoms with van der Waals surface area (Å²) in [6, 6.07) is 9.76. The first-order chi connectivity index (χ1) is 12.5. The molecule has 1 heterocycles. The molecule has 136 valence electrons. The molecule has 26 heavy (non-hydrogen) atoms. The fraction of sp³-hybridized carbons (Fsp3) is 0.263. The van der Waals surface area contributed by atoms with E-state index in [9.17, 15) is 14.7 Å². The third-order valence-corrected chi connectivity index (χ3v) is 3.92. The van der Waals surface area contributed by atoms with Crippen LogP contribution in [-0.4, -0.2) is 36.3 Å². The number of carbonyl (C=O) groups excluding carboxylic acids is 2. The van der Waals surface area contributed by atoms with E-state index < -0.39 is 18.0 Å². The topological polar surface area (TPSA) is 94.1 Å². The molecular formula is C19H19NO6. The summed E-state index contributed by atoms with van der Waals surface area (Å²) in [6.07, 6.45) is -1.05. The van der Waals surface area contributed by atoms with Gasteiger partial charge in [-0.1, -0.05) is 12.1 Å². The van der Waals surface area contributed by atoms with Crippen LogP contribution >= 0.6 is 0 Å². The molecule has 0 saturated carbocycles. The Morgan fingerprint density at radius 1 is 1.15 bits per heavy atom. The van der Waals surface area contributed by atoms with E-state index in [1.54, 1.807) is 37.3 Å². The van der Waals surface area contributed by atoms with Gasteiger partial charge < -0.3 is 24.6 Å². The Labute approximate surface area is 150 Å². The number of aromatic hydroxyl groups is 1. The van der Waals surface area contributed by atoms with Gasteiger partial charge >= 0.3 is 5.97 Å². The number of hydrogen-bond acceptors (Lipinski definition) is 6. The number of benzene rings is 2. The first-order valence-corrected chi connectivity index (χ1v) is 8.16. The van der Waals surface area contributed by atoms with Crippen LogP contribution in [0, 0.1) is 6.92 Å². The molecule has 0 aromatic heterocycles. The number of phenolic OH excluding ortho intramolecular Hbond substituents is 1. The van der Waals surface area contributed by atoms with Gasteiger partial charge in [-0.3, -0.25) is 4.79 Å². The standard InChI is InChI=1S/C19H19NO6/c1-11-4-3-5-14(17(11)21)19(23)26-12(2)18(22)20-13-6-7-15-16(10-13)25-9-8-24-15/h3-7,10,12,21H,8-9H2,1-2H3,(H,20,22)/t12-/m1/s1. The second-order valence-electron chi connectivity index (χ2n) is 5.87. The zero-order valence-corrected chi connectivity index (χ0v) is 14.4. The summed E-state index contributed by atoms with van der Waals surface area (Å²) in [4.78, 5) is 24.5. The van der Waals surface area contributed by atoms with Gasteiger partial charge in [0.2, 0.25) is 0 Å². The van der Waals surface area contributed by atoms with Crippen molar-refractivity contribution in [2.24, 2.45) is 0 Å². The molecule has 0 fully saturated rings. The van der Waals surface area contributed by atoms with Crippen molar-refractivity contribution in [1.82, 2.24) is 0 Å². The van der Waals surface area contributed by atoms with Crippen LogP contribution in [0.5, 0.6) is 17.2 Å². The molecule has 7 nitrogen and oxygen atoms in total. The van der Waals surface area contributed by atoms with Gasteiger partial charge in [-0.15, -0.1) is 0 Å². The molecular weight excluding hydrogens is 338 g/mol. The number of anilines is 1. The molecule has 7 heteroatoms. The lowest BCUT2D eigenvalue weighted by molar-refractivity contribution is -0.123. The summed E-state index contributed by atoms with van der Waals surface area (Å²) in [5.74, 6) is -0.262. The molecule has 0 saturated heterocycles. The van der Waals surface area contributed by atoms with Crippen LogP contribution in [0.1, 0.15) is 22.8 Å². The highest BCUT2D eigenvalue weighted by molar-refractivity contribution is 5.98. The van der Waals surface area contributed by atoms with E-state index in [-0.39, 0.29) is 11.3 Å². The van der Waals surface area contributed by atoms with E-state index in [2.05, 4.69) is 5.32 Å². The fourth-order valence-electron chi connectivity index (χ4n) is 2.47. The van der Waals surface area contributed by atoms with Gasteiger partial charge in [-0.05, 0) is 37.6 Å². The van der Waals surface area contributed by atoms with Gasteiger partial charge in [0.05, 0.1) is 0 Å². The molecule has 3 rings (SSSR count). The summed E-state index contributed by atoms with van der Waals surface area (Å²) >= 11 is 0. The van der Waals surface area contributed by atoms with Crippen molar-refractivity contribution in [2.75, 3.05) is 18.5 Å². The van der Waals surface area contributed by atoms with E-state index in [4.69, 9.17) is 14.2 Å². The van der Waals surface area contributed by atoms with Gasteiger partial charge in [0, 0.05) is 11.8 Å². The Kier molecular flexibility index (Phi) is 4.97. The number of para-hydroxylation sites is 1. The largest absolute Gasteiger partial charge is 0.507 e. The minimum atomic E-state index is -1.05. The molecule has 2 N–H and O–H groups in total. The van der Waals surface area contributed by atoms with Crippen molar-refractivity contribution in [3.63, 3.8) is 0 Å². The lowest BCUT2D eigenvalue weighted by Gasteiger charge is -2.19. The van der Waals surface area contributed by atoms with Crippen molar-refractivity contribution in [3.05, 3.63) is 47.5 Å². The Bertz CT molecular complexity index is 848. The molecule has 0 spiro atoms. The third-order valence-electron chi connectivity index (χ3n) is 3.92. The first-order valence-electron chi connectivity index (χ1n) is 8.16. The molecule has 1 aliphatic rings. The number of phenols is 1. The number of hydrogen-bond donors (Lipinski definition) is 2. The number of esters is 1. The second-order valence-corrected chi connectivity index (χ2v) is 5.87. The normalized spacial score (nSPS) is 13.6. The van der Waals surface area contributed by atoms with E-state index >= 15 is 0 Å². The number of amides is 1. The maximum Gasteiger partial charge on any atom is 0.342 e. The smallest absolute Gasteiger partial charge is 0.342 e. The zero-order chi connectivity index (χ0) is 18.7. The minimum Gasteiger partial charge on any atom is -0.507 e. The van der Waals surface area contributed by atoms with E-state index in [1.807, 2.05) is 0 Å². The van der Waals surface area contributed by atoms with Crippen molar-refractivity contribution < 1.29 is 28.9 Å². The number of aryl methyl sites for hydroxylation is 1. The summed E-state index contributed by atoms with van der Waals surface area (Å²) in [5, 5.41) is 12.6. The Morgan fingerprint density at radius 3 is 2.65 bits per heavy atom. The maximum atomic E-state index is 12.3. The third kappa shape index (κ3) is 3.72. The van der Waals surface area contributed by atoms with Gasteiger partial charge in [0.1, 0.15) is 24.5 Å². The predicted molar refractivity (Wildman–Crippen MR) is 93.8 cm³/mol. The minimum absolute atomic E-state index is 0.0176. The Hall–Kier alpha value is -3.22. The molecule has 0 aliphatic carbocycles. The first kappa shape index (κ1) is 17.6. The lowest BCUT2D eigenvalue weighted by Crippen LogP contribution is -2.30.